The molecule has 0 aliphatic rings. The van der Waals surface area contributed by atoms with Crippen LogP contribution in [0.3, 0.4) is 0 Å². The van der Waals surface area contributed by atoms with E-state index in [1.807, 2.05) is 0 Å². The standard InChI is InChI=1S/C6H3ClN3O2.BF4/c7-5-3-4(10(11)12)1-2-6(5)9-8;2-1(3,4)5/h1-3H;/q+1;-1. The third kappa shape index (κ3) is 7.07. The number of halogens is 5. The molecule has 11 heteroatoms. The van der Waals surface area contributed by atoms with Crippen molar-refractivity contribution in [3.8, 4) is 0 Å². The summed E-state index contributed by atoms with van der Waals surface area (Å²) in [5, 5.41) is 18.6. The third-order valence-electron chi connectivity index (χ3n) is 1.25. The highest BCUT2D eigenvalue weighted by atomic mass is 35.5. The number of nitro groups is 1. The fourth-order valence-electron chi connectivity index (χ4n) is 0.690. The van der Waals surface area contributed by atoms with Gasteiger partial charge in [-0.25, -0.2) is 0 Å². The summed E-state index contributed by atoms with van der Waals surface area (Å²) < 4.78 is 39.0. The number of nitro benzene ring substituents is 1. The molecule has 0 aliphatic carbocycles. The topological polar surface area (TPSA) is 71.3 Å². The van der Waals surface area contributed by atoms with Crippen LogP contribution in [0.5, 0.6) is 0 Å². The Bertz CT molecular complexity index is 456. The van der Waals surface area contributed by atoms with E-state index in [1.54, 1.807) is 0 Å². The van der Waals surface area contributed by atoms with Crippen molar-refractivity contribution in [2.24, 2.45) is 0 Å². The van der Waals surface area contributed by atoms with Crippen molar-refractivity contribution in [1.29, 1.82) is 5.39 Å². The number of nitrogens with zero attached hydrogens (tertiary/aromatic N) is 3. The average Bonchev–Trinajstić information content (AvgIpc) is 2.14. The molecule has 0 spiro atoms. The molecule has 0 atom stereocenters. The maximum atomic E-state index is 10.2. The van der Waals surface area contributed by atoms with Gasteiger partial charge in [0.05, 0.1) is 4.92 Å². The van der Waals surface area contributed by atoms with Crippen LogP contribution >= 0.6 is 11.6 Å². The molecule has 1 aromatic rings. The van der Waals surface area contributed by atoms with Gasteiger partial charge in [-0.05, 0) is 0 Å². The van der Waals surface area contributed by atoms with Gasteiger partial charge < -0.3 is 17.3 Å². The third-order valence-corrected chi connectivity index (χ3v) is 1.55. The van der Waals surface area contributed by atoms with Gasteiger partial charge in [-0.15, -0.1) is 0 Å². The molecule has 0 fully saturated rings. The fraction of sp³-hybridized carbons (Fsp3) is 0. The molecule has 0 amide bonds. The molecule has 0 N–H and O–H groups in total. The number of hydrogen-bond acceptors (Lipinski definition) is 3. The van der Waals surface area contributed by atoms with E-state index in [-0.39, 0.29) is 16.4 Å². The zero-order valence-electron chi connectivity index (χ0n) is 7.86. The minimum absolute atomic E-state index is 0.0479. The molecule has 1 rings (SSSR count). The first-order chi connectivity index (χ1) is 7.65. The van der Waals surface area contributed by atoms with E-state index < -0.39 is 12.2 Å². The van der Waals surface area contributed by atoms with Gasteiger partial charge in [-0.2, -0.15) is 0 Å². The van der Waals surface area contributed by atoms with E-state index in [0.29, 0.717) is 0 Å². The molecular weight excluding hydrogens is 268 g/mol. The molecule has 5 nitrogen and oxygen atoms in total. The highest BCUT2D eigenvalue weighted by Crippen LogP contribution is 2.28. The number of rotatable bonds is 1. The molecule has 92 valence electrons. The van der Waals surface area contributed by atoms with Gasteiger partial charge >= 0.3 is 12.9 Å². The fourth-order valence-corrected chi connectivity index (χ4v) is 0.903. The Labute approximate surface area is 96.9 Å². The SMILES string of the molecule is F[B-](F)(F)F.N#[N+]c1ccc([N+](=O)[O-])cc1Cl. The van der Waals surface area contributed by atoms with Crippen LogP contribution in [0.2, 0.25) is 5.02 Å². The number of diazo groups is 1. The van der Waals surface area contributed by atoms with Crippen LogP contribution in [0.4, 0.5) is 28.6 Å². The second-order valence-corrected chi connectivity index (χ2v) is 2.89. The van der Waals surface area contributed by atoms with E-state index in [1.165, 1.54) is 12.1 Å². The molecular formula is C6H3BClF4N3O2. The Morgan fingerprint density at radius 1 is 1.35 bits per heavy atom. The summed E-state index contributed by atoms with van der Waals surface area (Å²) in [6, 6.07) is 3.60. The molecule has 0 aliphatic heterocycles. The van der Waals surface area contributed by atoms with Crippen LogP contribution in [-0.2, 0) is 0 Å². The Hall–Kier alpha value is -1.89. The van der Waals surface area contributed by atoms with Gasteiger partial charge in [0.25, 0.3) is 5.69 Å². The molecule has 0 bridgehead atoms. The van der Waals surface area contributed by atoms with Crippen molar-refractivity contribution in [2.45, 2.75) is 0 Å². The summed E-state index contributed by atoms with van der Waals surface area (Å²) >= 11 is 5.52. The van der Waals surface area contributed by atoms with Crippen molar-refractivity contribution in [2.75, 3.05) is 0 Å². The summed E-state index contributed by atoms with van der Waals surface area (Å²) in [5.74, 6) is 0. The minimum atomic E-state index is -6.00. The van der Waals surface area contributed by atoms with Gasteiger partial charge in [0.2, 0.25) is 5.39 Å². The monoisotopic (exact) mass is 271 g/mol. The van der Waals surface area contributed by atoms with Gasteiger partial charge in [0.1, 0.15) is 5.02 Å². The molecule has 0 aromatic heterocycles. The molecule has 0 heterocycles. The predicted octanol–water partition coefficient (Wildman–Crippen LogP) is 4.03. The van der Waals surface area contributed by atoms with Crippen LogP contribution < -0.4 is 0 Å². The summed E-state index contributed by atoms with van der Waals surface area (Å²) in [4.78, 5) is 12.4. The lowest BCUT2D eigenvalue weighted by Crippen LogP contribution is -2.02. The number of benzene rings is 1. The molecule has 1 aromatic carbocycles. The first-order valence-corrected chi connectivity index (χ1v) is 4.19. The molecule has 0 saturated heterocycles. The quantitative estimate of drug-likeness (QED) is 0.254. The summed E-state index contributed by atoms with van der Waals surface area (Å²) in [6.07, 6.45) is 0. The Kier molecular flexibility index (Phi) is 5.33. The second kappa shape index (κ2) is 6.00. The molecule has 0 radical (unpaired) electrons. The van der Waals surface area contributed by atoms with Gasteiger partial charge in [0, 0.05) is 18.2 Å². The Morgan fingerprint density at radius 2 is 1.82 bits per heavy atom. The van der Waals surface area contributed by atoms with Crippen molar-refractivity contribution >= 4 is 30.2 Å². The highest BCUT2D eigenvalue weighted by Gasteiger charge is 2.20. The van der Waals surface area contributed by atoms with E-state index in [9.17, 15) is 27.4 Å². The predicted molar refractivity (Wildman–Crippen MR) is 53.0 cm³/mol. The summed E-state index contributed by atoms with van der Waals surface area (Å²) in [5.41, 5.74) is -0.0188. The lowest BCUT2D eigenvalue weighted by Gasteiger charge is -1.94. The smallest absolute Gasteiger partial charge is 0.418 e. The van der Waals surface area contributed by atoms with Gasteiger partial charge in [-0.3, -0.25) is 10.1 Å². The van der Waals surface area contributed by atoms with Crippen LogP contribution in [-0.4, -0.2) is 12.2 Å². The number of non-ortho nitro benzene ring substituents is 1. The zero-order valence-corrected chi connectivity index (χ0v) is 8.61. The summed E-state index contributed by atoms with van der Waals surface area (Å²) in [7, 11) is -6.00. The maximum absolute atomic E-state index is 10.2. The Morgan fingerprint density at radius 3 is 2.12 bits per heavy atom. The van der Waals surface area contributed by atoms with Gasteiger partial charge in [0.15, 0.2) is 4.98 Å². The minimum Gasteiger partial charge on any atom is -0.418 e. The zero-order chi connectivity index (χ0) is 13.6. The Balaban J connectivity index is 0.000000437. The second-order valence-electron chi connectivity index (χ2n) is 2.49. The highest BCUT2D eigenvalue weighted by molar-refractivity contribution is 6.50. The molecule has 17 heavy (non-hydrogen) atoms. The maximum Gasteiger partial charge on any atom is 0.673 e. The van der Waals surface area contributed by atoms with Crippen molar-refractivity contribution in [1.82, 2.24) is 0 Å². The van der Waals surface area contributed by atoms with E-state index in [2.05, 4.69) is 4.98 Å². The van der Waals surface area contributed by atoms with Gasteiger partial charge in [-0.1, -0.05) is 11.6 Å². The van der Waals surface area contributed by atoms with Crippen LogP contribution in [0.25, 0.3) is 4.98 Å². The lowest BCUT2D eigenvalue weighted by molar-refractivity contribution is -0.384. The number of hydrogen-bond donors (Lipinski definition) is 0. The van der Waals surface area contributed by atoms with E-state index in [0.717, 1.165) is 6.07 Å². The molecule has 0 unspecified atom stereocenters. The van der Waals surface area contributed by atoms with Crippen LogP contribution in [0, 0.1) is 15.5 Å². The van der Waals surface area contributed by atoms with Crippen LogP contribution in [0.1, 0.15) is 0 Å². The lowest BCUT2D eigenvalue weighted by atomic mass is 10.3. The first kappa shape index (κ1) is 15.1. The van der Waals surface area contributed by atoms with Crippen LogP contribution in [0.15, 0.2) is 18.2 Å². The van der Waals surface area contributed by atoms with Crippen molar-refractivity contribution < 1.29 is 22.2 Å². The first-order valence-electron chi connectivity index (χ1n) is 3.81. The van der Waals surface area contributed by atoms with Crippen molar-refractivity contribution in [3.05, 3.63) is 38.3 Å². The average molecular weight is 271 g/mol. The largest absolute Gasteiger partial charge is 0.673 e. The van der Waals surface area contributed by atoms with E-state index >= 15 is 0 Å². The molecule has 0 saturated carbocycles. The summed E-state index contributed by atoms with van der Waals surface area (Å²) in [6.45, 7) is 0. The van der Waals surface area contributed by atoms with E-state index in [4.69, 9.17) is 17.0 Å². The normalized spacial score (nSPS) is 9.88. The van der Waals surface area contributed by atoms with Crippen molar-refractivity contribution in [3.63, 3.8) is 0 Å².